The minimum atomic E-state index is -0.149. The number of anilines is 1. The van der Waals surface area contributed by atoms with Crippen LogP contribution in [0.1, 0.15) is 33.1 Å². The Balaban J connectivity index is 1.92. The van der Waals surface area contributed by atoms with Crippen LogP contribution in [0.4, 0.5) is 10.1 Å². The maximum absolute atomic E-state index is 13.4. The molecule has 0 aliphatic carbocycles. The third-order valence-electron chi connectivity index (χ3n) is 4.41. The Morgan fingerprint density at radius 1 is 1.33 bits per heavy atom. The monoisotopic (exact) mass is 248 g/mol. The van der Waals surface area contributed by atoms with Crippen LogP contribution in [0, 0.1) is 5.82 Å². The maximum Gasteiger partial charge on any atom is 0.125 e. The summed E-state index contributed by atoms with van der Waals surface area (Å²) in [7, 11) is 0. The molecule has 0 bridgehead atoms. The van der Waals surface area contributed by atoms with Crippen LogP contribution in [-0.4, -0.2) is 24.2 Å². The Morgan fingerprint density at radius 2 is 2.17 bits per heavy atom. The van der Waals surface area contributed by atoms with Crippen molar-refractivity contribution in [2.75, 3.05) is 18.0 Å². The fraction of sp³-hybridized carbons (Fsp3) is 0.600. The average Bonchev–Trinajstić information content (AvgIpc) is 2.84. The van der Waals surface area contributed by atoms with Gasteiger partial charge in [0, 0.05) is 23.3 Å². The predicted molar refractivity (Wildman–Crippen MR) is 72.4 cm³/mol. The molecular formula is C15H21FN2. The van der Waals surface area contributed by atoms with E-state index in [1.807, 2.05) is 6.07 Å². The number of nitrogens with zero attached hydrogens (tertiary/aromatic N) is 1. The molecule has 2 aliphatic heterocycles. The predicted octanol–water partition coefficient (Wildman–Crippen LogP) is 2.94. The van der Waals surface area contributed by atoms with Crippen LogP contribution in [0.5, 0.6) is 0 Å². The van der Waals surface area contributed by atoms with Crippen LogP contribution < -0.4 is 10.2 Å². The summed E-state index contributed by atoms with van der Waals surface area (Å²) in [4.78, 5) is 2.36. The molecule has 1 N–H and O–H groups in total. The number of benzene rings is 1. The molecule has 0 saturated carbocycles. The van der Waals surface area contributed by atoms with Gasteiger partial charge in [-0.15, -0.1) is 0 Å². The van der Waals surface area contributed by atoms with E-state index in [1.54, 1.807) is 12.1 Å². The SMILES string of the molecule is CC1(C)CC2(CCCN2)CN1c1cccc(F)c1. The van der Waals surface area contributed by atoms with Crippen molar-refractivity contribution in [2.24, 2.45) is 0 Å². The summed E-state index contributed by atoms with van der Waals surface area (Å²) in [6.45, 7) is 6.62. The first-order valence-electron chi connectivity index (χ1n) is 6.79. The number of hydrogen-bond donors (Lipinski definition) is 1. The van der Waals surface area contributed by atoms with Crippen molar-refractivity contribution in [1.29, 1.82) is 0 Å². The van der Waals surface area contributed by atoms with Gasteiger partial charge >= 0.3 is 0 Å². The quantitative estimate of drug-likeness (QED) is 0.822. The second-order valence-electron chi connectivity index (χ2n) is 6.37. The van der Waals surface area contributed by atoms with Gasteiger partial charge < -0.3 is 10.2 Å². The molecule has 3 rings (SSSR count). The van der Waals surface area contributed by atoms with Gasteiger partial charge in [-0.2, -0.15) is 0 Å². The Labute approximate surface area is 108 Å². The Hall–Kier alpha value is -1.09. The van der Waals surface area contributed by atoms with Gasteiger partial charge in [-0.1, -0.05) is 6.07 Å². The van der Waals surface area contributed by atoms with Crippen molar-refractivity contribution in [3.05, 3.63) is 30.1 Å². The molecule has 2 fully saturated rings. The molecule has 1 spiro atoms. The fourth-order valence-electron chi connectivity index (χ4n) is 3.74. The molecule has 0 amide bonds. The molecule has 98 valence electrons. The first-order valence-corrected chi connectivity index (χ1v) is 6.79. The first kappa shape index (κ1) is 12.0. The molecular weight excluding hydrogens is 227 g/mol. The maximum atomic E-state index is 13.4. The molecule has 1 unspecified atom stereocenters. The van der Waals surface area contributed by atoms with E-state index < -0.39 is 0 Å². The average molecular weight is 248 g/mol. The Morgan fingerprint density at radius 3 is 2.83 bits per heavy atom. The lowest BCUT2D eigenvalue weighted by Gasteiger charge is -2.33. The highest BCUT2D eigenvalue weighted by molar-refractivity contribution is 5.51. The van der Waals surface area contributed by atoms with Gasteiger partial charge in [0.2, 0.25) is 0 Å². The van der Waals surface area contributed by atoms with Crippen LogP contribution in [-0.2, 0) is 0 Å². The summed E-state index contributed by atoms with van der Waals surface area (Å²) in [6.07, 6.45) is 3.63. The number of rotatable bonds is 1. The van der Waals surface area contributed by atoms with Crippen molar-refractivity contribution >= 4 is 5.69 Å². The Bertz CT molecular complexity index is 450. The molecule has 2 nitrogen and oxygen atoms in total. The zero-order chi connectivity index (χ0) is 12.8. The number of hydrogen-bond acceptors (Lipinski definition) is 2. The molecule has 3 heteroatoms. The summed E-state index contributed by atoms with van der Waals surface area (Å²) in [5.74, 6) is -0.149. The standard InChI is InChI=1S/C15H21FN2/c1-14(2)10-15(7-4-8-17-15)11-18(14)13-6-3-5-12(16)9-13/h3,5-6,9,17H,4,7-8,10-11H2,1-2H3. The topological polar surface area (TPSA) is 15.3 Å². The zero-order valence-corrected chi connectivity index (χ0v) is 11.2. The van der Waals surface area contributed by atoms with Gasteiger partial charge in [-0.25, -0.2) is 4.39 Å². The van der Waals surface area contributed by atoms with Gasteiger partial charge in [-0.3, -0.25) is 0 Å². The normalized spacial score (nSPS) is 30.3. The molecule has 1 aromatic rings. The Kier molecular flexibility index (Phi) is 2.63. The molecule has 18 heavy (non-hydrogen) atoms. The smallest absolute Gasteiger partial charge is 0.125 e. The van der Waals surface area contributed by atoms with Gasteiger partial charge in [-0.05, 0) is 57.9 Å². The first-order chi connectivity index (χ1) is 8.51. The van der Waals surface area contributed by atoms with E-state index in [4.69, 9.17) is 0 Å². The van der Waals surface area contributed by atoms with Crippen LogP contribution in [0.2, 0.25) is 0 Å². The van der Waals surface area contributed by atoms with E-state index in [2.05, 4.69) is 24.1 Å². The molecule has 0 aromatic heterocycles. The molecule has 2 heterocycles. The van der Waals surface area contributed by atoms with Crippen LogP contribution in [0.3, 0.4) is 0 Å². The van der Waals surface area contributed by atoms with E-state index in [-0.39, 0.29) is 16.9 Å². The van der Waals surface area contributed by atoms with Crippen LogP contribution >= 0.6 is 0 Å². The summed E-state index contributed by atoms with van der Waals surface area (Å²) in [5.41, 5.74) is 1.34. The van der Waals surface area contributed by atoms with E-state index in [0.29, 0.717) is 0 Å². The highest BCUT2D eigenvalue weighted by atomic mass is 19.1. The zero-order valence-electron chi connectivity index (χ0n) is 11.2. The minimum Gasteiger partial charge on any atom is -0.364 e. The molecule has 2 aliphatic rings. The third-order valence-corrected chi connectivity index (χ3v) is 4.41. The summed E-state index contributed by atoms with van der Waals surface area (Å²) in [5, 5.41) is 3.67. The molecule has 1 atom stereocenters. The number of nitrogens with one attached hydrogen (secondary N) is 1. The van der Waals surface area contributed by atoms with Crippen LogP contribution in [0.15, 0.2) is 24.3 Å². The van der Waals surface area contributed by atoms with E-state index >= 15 is 0 Å². The lowest BCUT2D eigenvalue weighted by Crippen LogP contribution is -2.42. The lowest BCUT2D eigenvalue weighted by molar-refractivity contribution is 0.377. The summed E-state index contributed by atoms with van der Waals surface area (Å²) >= 11 is 0. The largest absolute Gasteiger partial charge is 0.364 e. The highest BCUT2D eigenvalue weighted by Gasteiger charge is 2.49. The van der Waals surface area contributed by atoms with Crippen molar-refractivity contribution in [2.45, 2.75) is 44.2 Å². The molecule has 0 radical (unpaired) electrons. The fourth-order valence-corrected chi connectivity index (χ4v) is 3.74. The van der Waals surface area contributed by atoms with E-state index in [9.17, 15) is 4.39 Å². The summed E-state index contributed by atoms with van der Waals surface area (Å²) in [6, 6.07) is 6.97. The second-order valence-corrected chi connectivity index (χ2v) is 6.37. The van der Waals surface area contributed by atoms with Crippen molar-refractivity contribution in [3.8, 4) is 0 Å². The van der Waals surface area contributed by atoms with Crippen molar-refractivity contribution < 1.29 is 4.39 Å². The van der Waals surface area contributed by atoms with E-state index in [0.717, 1.165) is 25.2 Å². The number of halogens is 1. The van der Waals surface area contributed by atoms with Gasteiger partial charge in [0.15, 0.2) is 0 Å². The minimum absolute atomic E-state index is 0.0884. The van der Waals surface area contributed by atoms with Crippen LogP contribution in [0.25, 0.3) is 0 Å². The highest BCUT2D eigenvalue weighted by Crippen LogP contribution is 2.42. The van der Waals surface area contributed by atoms with Gasteiger partial charge in [0.05, 0.1) is 0 Å². The van der Waals surface area contributed by atoms with Crippen molar-refractivity contribution in [1.82, 2.24) is 5.32 Å². The second kappa shape index (κ2) is 3.95. The molecule has 2 saturated heterocycles. The van der Waals surface area contributed by atoms with Gasteiger partial charge in [0.1, 0.15) is 5.82 Å². The van der Waals surface area contributed by atoms with E-state index in [1.165, 1.54) is 18.9 Å². The lowest BCUT2D eigenvalue weighted by atomic mass is 9.89. The summed E-state index contributed by atoms with van der Waals surface area (Å²) < 4.78 is 13.4. The van der Waals surface area contributed by atoms with Gasteiger partial charge in [0.25, 0.3) is 0 Å². The van der Waals surface area contributed by atoms with Crippen molar-refractivity contribution in [3.63, 3.8) is 0 Å². The third kappa shape index (κ3) is 1.91. The molecule has 1 aromatic carbocycles.